The molecular formula is C24H19BrCl2N2O4. The number of allylic oxidation sites excluding steroid dienone is 2. The van der Waals surface area contributed by atoms with Crippen molar-refractivity contribution in [3.05, 3.63) is 68.1 Å². The number of hydrazone groups is 1. The van der Waals surface area contributed by atoms with E-state index in [1.165, 1.54) is 13.3 Å². The zero-order valence-electron chi connectivity index (χ0n) is 17.5. The molecule has 5 rings (SSSR count). The molecule has 2 aliphatic carbocycles. The lowest BCUT2D eigenvalue weighted by Gasteiger charge is -2.14. The smallest absolute Gasteiger partial charge is 0.254 e. The molecular weight excluding hydrogens is 531 g/mol. The molecule has 0 radical (unpaired) electrons. The van der Waals surface area contributed by atoms with Crippen LogP contribution in [0.1, 0.15) is 17.5 Å². The molecule has 3 aliphatic rings. The number of rotatable bonds is 6. The molecule has 2 aromatic rings. The van der Waals surface area contributed by atoms with Gasteiger partial charge in [0.15, 0.2) is 11.5 Å². The number of hydrogen-bond acceptors (Lipinski definition) is 5. The van der Waals surface area contributed by atoms with E-state index in [9.17, 15) is 9.59 Å². The average Bonchev–Trinajstić information content (AvgIpc) is 3.48. The summed E-state index contributed by atoms with van der Waals surface area (Å²) in [7, 11) is 1.54. The van der Waals surface area contributed by atoms with Gasteiger partial charge in [0.1, 0.15) is 6.61 Å². The Bertz CT molecular complexity index is 1190. The van der Waals surface area contributed by atoms with Crippen molar-refractivity contribution in [3.8, 4) is 11.5 Å². The molecule has 2 amide bonds. The van der Waals surface area contributed by atoms with E-state index < -0.39 is 0 Å². The van der Waals surface area contributed by atoms with E-state index in [0.717, 1.165) is 17.0 Å². The zero-order chi connectivity index (χ0) is 23.3. The number of amides is 2. The maximum Gasteiger partial charge on any atom is 0.254 e. The molecule has 0 aromatic heterocycles. The van der Waals surface area contributed by atoms with Crippen LogP contribution in [0.4, 0.5) is 0 Å². The highest BCUT2D eigenvalue weighted by atomic mass is 79.9. The first-order chi connectivity index (χ1) is 15.9. The number of imide groups is 1. The SMILES string of the molecule is COc1cc(C=NN2C(=O)[C@@H]3[C@H](C2=O)[C@H]2C=C[C@H]3C2)c(Br)cc1OCc1ccc(Cl)c(Cl)c1. The number of methoxy groups -OCH3 is 1. The largest absolute Gasteiger partial charge is 0.493 e. The third kappa shape index (κ3) is 3.96. The molecule has 6 nitrogen and oxygen atoms in total. The van der Waals surface area contributed by atoms with Crippen LogP contribution < -0.4 is 9.47 Å². The van der Waals surface area contributed by atoms with Crippen LogP contribution >= 0.6 is 39.1 Å². The van der Waals surface area contributed by atoms with Crippen LogP contribution in [0, 0.1) is 23.7 Å². The number of carbonyl (C=O) groups is 2. The second-order valence-electron chi connectivity index (χ2n) is 8.29. The first-order valence-electron chi connectivity index (χ1n) is 10.4. The Hall–Kier alpha value is -2.35. The lowest BCUT2D eigenvalue weighted by Crippen LogP contribution is -2.28. The van der Waals surface area contributed by atoms with E-state index in [1.54, 1.807) is 24.3 Å². The first kappa shape index (κ1) is 22.4. The molecule has 2 bridgehead atoms. The fourth-order valence-corrected chi connectivity index (χ4v) is 5.58. The number of fused-ring (bicyclic) bond motifs is 5. The van der Waals surface area contributed by atoms with E-state index in [0.29, 0.717) is 31.6 Å². The number of carbonyl (C=O) groups excluding carboxylic acids is 2. The minimum Gasteiger partial charge on any atom is -0.493 e. The fraction of sp³-hybridized carbons (Fsp3) is 0.292. The van der Waals surface area contributed by atoms with Crippen LogP contribution in [0.5, 0.6) is 11.5 Å². The summed E-state index contributed by atoms with van der Waals surface area (Å²) in [4.78, 5) is 25.6. The van der Waals surface area contributed by atoms with Gasteiger partial charge in [0.05, 0.1) is 35.2 Å². The maximum absolute atomic E-state index is 12.8. The van der Waals surface area contributed by atoms with Gasteiger partial charge in [-0.2, -0.15) is 10.1 Å². The molecule has 1 saturated carbocycles. The minimum absolute atomic E-state index is 0.149. The van der Waals surface area contributed by atoms with Gasteiger partial charge in [-0.3, -0.25) is 9.59 Å². The van der Waals surface area contributed by atoms with Crippen molar-refractivity contribution in [2.45, 2.75) is 13.0 Å². The van der Waals surface area contributed by atoms with E-state index in [4.69, 9.17) is 32.7 Å². The third-order valence-electron chi connectivity index (χ3n) is 6.42. The quantitative estimate of drug-likeness (QED) is 0.271. The number of ether oxygens (including phenoxy) is 2. The second kappa shape index (κ2) is 8.78. The monoisotopic (exact) mass is 548 g/mol. The molecule has 4 atom stereocenters. The second-order valence-corrected chi connectivity index (χ2v) is 9.96. The topological polar surface area (TPSA) is 68.2 Å². The lowest BCUT2D eigenvalue weighted by atomic mass is 9.85. The molecule has 2 aromatic carbocycles. The number of halogens is 3. The van der Waals surface area contributed by atoms with E-state index in [-0.39, 0.29) is 42.1 Å². The zero-order valence-corrected chi connectivity index (χ0v) is 20.6. The van der Waals surface area contributed by atoms with Crippen LogP contribution in [-0.2, 0) is 16.2 Å². The fourth-order valence-electron chi connectivity index (χ4n) is 4.83. The highest BCUT2D eigenvalue weighted by Gasteiger charge is 2.59. The molecule has 0 spiro atoms. The van der Waals surface area contributed by atoms with Gasteiger partial charge in [0, 0.05) is 10.0 Å². The molecule has 170 valence electrons. The molecule has 2 fully saturated rings. The summed E-state index contributed by atoms with van der Waals surface area (Å²) in [5.74, 6) is 0.298. The average molecular weight is 550 g/mol. The first-order valence-corrected chi connectivity index (χ1v) is 12.0. The minimum atomic E-state index is -0.278. The van der Waals surface area contributed by atoms with Crippen molar-refractivity contribution in [3.63, 3.8) is 0 Å². The summed E-state index contributed by atoms with van der Waals surface area (Å²) >= 11 is 15.5. The van der Waals surface area contributed by atoms with E-state index in [2.05, 4.69) is 33.2 Å². The summed E-state index contributed by atoms with van der Waals surface area (Å²) < 4.78 is 12.1. The van der Waals surface area contributed by atoms with E-state index in [1.807, 2.05) is 6.07 Å². The highest BCUT2D eigenvalue weighted by molar-refractivity contribution is 9.10. The van der Waals surface area contributed by atoms with Crippen LogP contribution in [-0.4, -0.2) is 30.1 Å². The molecule has 1 aliphatic heterocycles. The maximum atomic E-state index is 12.8. The van der Waals surface area contributed by atoms with E-state index >= 15 is 0 Å². The van der Waals surface area contributed by atoms with Crippen molar-refractivity contribution in [1.29, 1.82) is 0 Å². The van der Waals surface area contributed by atoms with Crippen LogP contribution in [0.15, 0.2) is 52.1 Å². The molecule has 0 N–H and O–H groups in total. The Morgan fingerprint density at radius 3 is 2.39 bits per heavy atom. The lowest BCUT2D eigenvalue weighted by molar-refractivity contribution is -0.140. The van der Waals surface area contributed by atoms with Gasteiger partial charge in [-0.25, -0.2) is 0 Å². The normalized spacial score (nSPS) is 25.4. The van der Waals surface area contributed by atoms with Gasteiger partial charge in [0.2, 0.25) is 0 Å². The predicted octanol–water partition coefficient (Wildman–Crippen LogP) is 5.48. The Morgan fingerprint density at radius 1 is 1.06 bits per heavy atom. The van der Waals surface area contributed by atoms with Gasteiger partial charge >= 0.3 is 0 Å². The van der Waals surface area contributed by atoms with Crippen molar-refractivity contribution >= 4 is 57.2 Å². The Morgan fingerprint density at radius 2 is 1.76 bits per heavy atom. The van der Waals surface area contributed by atoms with Gasteiger partial charge in [-0.1, -0.05) is 41.4 Å². The van der Waals surface area contributed by atoms with Crippen LogP contribution in [0.2, 0.25) is 10.0 Å². The van der Waals surface area contributed by atoms with Crippen LogP contribution in [0.25, 0.3) is 0 Å². The summed E-state index contributed by atoms with van der Waals surface area (Å²) in [5, 5.41) is 6.20. The highest BCUT2D eigenvalue weighted by Crippen LogP contribution is 2.52. The predicted molar refractivity (Wildman–Crippen MR) is 129 cm³/mol. The standard InChI is InChI=1S/C24H19BrCl2N2O4/c1-32-19-8-15(16(25)9-20(19)33-11-12-2-5-17(26)18(27)6-12)10-28-29-23(30)21-13-3-4-14(7-13)22(21)24(29)31/h2-6,8-10,13-14,21-22H,7,11H2,1H3/t13-,14-,21-,22+/m0/s1. The molecule has 1 saturated heterocycles. The molecule has 0 unspecified atom stereocenters. The van der Waals surface area contributed by atoms with Crippen molar-refractivity contribution < 1.29 is 19.1 Å². The Labute approximate surface area is 209 Å². The Balaban J connectivity index is 1.33. The summed E-state index contributed by atoms with van der Waals surface area (Å²) in [6.45, 7) is 0.267. The van der Waals surface area contributed by atoms with Gasteiger partial charge in [0.25, 0.3) is 11.8 Å². The van der Waals surface area contributed by atoms with Crippen molar-refractivity contribution in [1.82, 2.24) is 5.01 Å². The number of benzene rings is 2. The summed E-state index contributed by atoms with van der Waals surface area (Å²) in [6.07, 6.45) is 6.49. The molecule has 33 heavy (non-hydrogen) atoms. The Kier molecular flexibility index (Phi) is 5.97. The van der Waals surface area contributed by atoms with Gasteiger partial charge in [-0.15, -0.1) is 0 Å². The van der Waals surface area contributed by atoms with Crippen molar-refractivity contribution in [2.24, 2.45) is 28.8 Å². The molecule has 9 heteroatoms. The summed E-state index contributed by atoms with van der Waals surface area (Å²) in [6, 6.07) is 8.77. The molecule has 1 heterocycles. The van der Waals surface area contributed by atoms with Gasteiger partial charge in [-0.05, 0) is 64.0 Å². The van der Waals surface area contributed by atoms with Crippen LogP contribution in [0.3, 0.4) is 0 Å². The van der Waals surface area contributed by atoms with Crippen molar-refractivity contribution in [2.75, 3.05) is 7.11 Å². The third-order valence-corrected chi connectivity index (χ3v) is 7.85. The number of nitrogens with zero attached hydrogens (tertiary/aromatic N) is 2. The number of hydrogen-bond donors (Lipinski definition) is 0. The van der Waals surface area contributed by atoms with Gasteiger partial charge < -0.3 is 9.47 Å². The summed E-state index contributed by atoms with van der Waals surface area (Å²) in [5.41, 5.74) is 1.50.